The zero-order chi connectivity index (χ0) is 23.3. The second kappa shape index (κ2) is 10.5. The number of piperidine rings is 1. The van der Waals surface area contributed by atoms with Gasteiger partial charge >= 0.3 is 0 Å². The van der Waals surface area contributed by atoms with Crippen LogP contribution in [0.15, 0.2) is 41.3 Å². The van der Waals surface area contributed by atoms with E-state index in [1.807, 2.05) is 25.1 Å². The van der Waals surface area contributed by atoms with Gasteiger partial charge in [-0.3, -0.25) is 4.79 Å². The molecular formula is C25H34N2O4S. The number of ether oxygens (including phenoxy) is 1. The predicted octanol–water partition coefficient (Wildman–Crippen LogP) is 4.87. The lowest BCUT2D eigenvalue weighted by Crippen LogP contribution is -2.35. The van der Waals surface area contributed by atoms with Crippen molar-refractivity contribution in [1.82, 2.24) is 4.31 Å². The van der Waals surface area contributed by atoms with Gasteiger partial charge in [-0.2, -0.15) is 4.31 Å². The van der Waals surface area contributed by atoms with Crippen LogP contribution in [0.1, 0.15) is 62.1 Å². The molecule has 6 nitrogen and oxygen atoms in total. The van der Waals surface area contributed by atoms with Gasteiger partial charge in [0, 0.05) is 25.2 Å². The monoisotopic (exact) mass is 458 g/mol. The van der Waals surface area contributed by atoms with Crippen molar-refractivity contribution in [3.8, 4) is 5.75 Å². The fourth-order valence-corrected chi connectivity index (χ4v) is 5.73. The largest absolute Gasteiger partial charge is 0.496 e. The molecule has 1 aliphatic rings. The third kappa shape index (κ3) is 5.51. The zero-order valence-corrected chi connectivity index (χ0v) is 20.3. The summed E-state index contributed by atoms with van der Waals surface area (Å²) in [6, 6.07) is 10.9. The Morgan fingerprint density at radius 2 is 1.84 bits per heavy atom. The van der Waals surface area contributed by atoms with Gasteiger partial charge < -0.3 is 10.1 Å². The molecule has 32 heavy (non-hydrogen) atoms. The highest BCUT2D eigenvalue weighted by atomic mass is 32.2. The summed E-state index contributed by atoms with van der Waals surface area (Å²) in [6.45, 7) is 7.30. The van der Waals surface area contributed by atoms with Gasteiger partial charge in [-0.25, -0.2) is 8.42 Å². The molecule has 7 heteroatoms. The van der Waals surface area contributed by atoms with Gasteiger partial charge in [0.15, 0.2) is 0 Å². The number of nitrogens with one attached hydrogen (secondary N) is 1. The average Bonchev–Trinajstić information content (AvgIpc) is 2.79. The lowest BCUT2D eigenvalue weighted by atomic mass is 9.98. The first-order chi connectivity index (χ1) is 15.2. The van der Waals surface area contributed by atoms with Crippen LogP contribution in [0.25, 0.3) is 0 Å². The Bertz CT molecular complexity index is 1060. The van der Waals surface area contributed by atoms with Crippen LogP contribution in [0, 0.1) is 6.92 Å². The number of carbonyl (C=O) groups is 1. The van der Waals surface area contributed by atoms with Gasteiger partial charge in [-0.15, -0.1) is 0 Å². The van der Waals surface area contributed by atoms with Gasteiger partial charge in [-0.1, -0.05) is 38.5 Å². The number of aryl methyl sites for hydroxylation is 2. The van der Waals surface area contributed by atoms with E-state index in [2.05, 4.69) is 19.2 Å². The molecule has 1 aliphatic heterocycles. The maximum Gasteiger partial charge on any atom is 0.243 e. The molecule has 1 N–H and O–H groups in total. The van der Waals surface area contributed by atoms with Crippen molar-refractivity contribution in [3.63, 3.8) is 0 Å². The standard InChI is InChI=1S/C25H34N2O4S/c1-18(2)22-10-8-9-19(3)25(22)26-24(28)14-11-20-17-21(12-13-23(20)31-4)32(29,30)27-15-6-5-7-16-27/h8-10,12-13,17-18H,5-7,11,14-16H2,1-4H3,(H,26,28). The first-order valence-electron chi connectivity index (χ1n) is 11.3. The summed E-state index contributed by atoms with van der Waals surface area (Å²) in [6.07, 6.45) is 3.46. The summed E-state index contributed by atoms with van der Waals surface area (Å²) in [5, 5.41) is 3.06. The number of benzene rings is 2. The Morgan fingerprint density at radius 1 is 1.12 bits per heavy atom. The highest BCUT2D eigenvalue weighted by molar-refractivity contribution is 7.89. The van der Waals surface area contributed by atoms with E-state index in [4.69, 9.17) is 4.74 Å². The van der Waals surface area contributed by atoms with Crippen LogP contribution in [-0.2, 0) is 21.2 Å². The smallest absolute Gasteiger partial charge is 0.243 e. The number of amides is 1. The fraction of sp³-hybridized carbons (Fsp3) is 0.480. The number of para-hydroxylation sites is 1. The summed E-state index contributed by atoms with van der Waals surface area (Å²) >= 11 is 0. The van der Waals surface area contributed by atoms with Crippen molar-refractivity contribution in [2.45, 2.75) is 63.7 Å². The van der Waals surface area contributed by atoms with Gasteiger partial charge in [0.2, 0.25) is 15.9 Å². The van der Waals surface area contributed by atoms with Crippen molar-refractivity contribution >= 4 is 21.6 Å². The molecule has 1 heterocycles. The van der Waals surface area contributed by atoms with Crippen LogP contribution in [0.4, 0.5) is 5.69 Å². The average molecular weight is 459 g/mol. The first kappa shape index (κ1) is 24.3. The van der Waals surface area contributed by atoms with Crippen molar-refractivity contribution in [3.05, 3.63) is 53.1 Å². The molecule has 174 valence electrons. The number of carbonyl (C=O) groups excluding carboxylic acids is 1. The third-order valence-corrected chi connectivity index (χ3v) is 7.91. The summed E-state index contributed by atoms with van der Waals surface area (Å²) in [5.41, 5.74) is 3.71. The highest BCUT2D eigenvalue weighted by Gasteiger charge is 2.26. The zero-order valence-electron chi connectivity index (χ0n) is 19.5. The molecule has 2 aromatic carbocycles. The number of methoxy groups -OCH3 is 1. The number of rotatable bonds is 8. The fourth-order valence-electron chi connectivity index (χ4n) is 4.16. The minimum absolute atomic E-state index is 0.104. The Kier molecular flexibility index (Phi) is 7.96. The topological polar surface area (TPSA) is 75.7 Å². The second-order valence-electron chi connectivity index (χ2n) is 8.68. The van der Waals surface area contributed by atoms with E-state index in [1.54, 1.807) is 29.6 Å². The van der Waals surface area contributed by atoms with Crippen molar-refractivity contribution in [1.29, 1.82) is 0 Å². The molecular weight excluding hydrogens is 424 g/mol. The van der Waals surface area contributed by atoms with E-state index in [0.29, 0.717) is 31.2 Å². The van der Waals surface area contributed by atoms with E-state index in [0.717, 1.165) is 41.6 Å². The van der Waals surface area contributed by atoms with E-state index in [9.17, 15) is 13.2 Å². The van der Waals surface area contributed by atoms with Crippen LogP contribution in [-0.4, -0.2) is 38.8 Å². The normalized spacial score (nSPS) is 15.0. The Morgan fingerprint density at radius 3 is 2.50 bits per heavy atom. The summed E-state index contributed by atoms with van der Waals surface area (Å²) < 4.78 is 33.1. The molecule has 0 radical (unpaired) electrons. The van der Waals surface area contributed by atoms with Gasteiger partial charge in [0.1, 0.15) is 5.75 Å². The summed E-state index contributed by atoms with van der Waals surface area (Å²) in [5.74, 6) is 0.781. The SMILES string of the molecule is COc1ccc(S(=O)(=O)N2CCCCC2)cc1CCC(=O)Nc1c(C)cccc1C(C)C. The molecule has 0 aromatic heterocycles. The molecule has 0 aliphatic carbocycles. The summed E-state index contributed by atoms with van der Waals surface area (Å²) in [4.78, 5) is 13.0. The van der Waals surface area contributed by atoms with E-state index < -0.39 is 10.0 Å². The van der Waals surface area contributed by atoms with Crippen molar-refractivity contribution in [2.75, 3.05) is 25.5 Å². The number of nitrogens with zero attached hydrogens (tertiary/aromatic N) is 1. The van der Waals surface area contributed by atoms with E-state index in [-0.39, 0.29) is 17.2 Å². The van der Waals surface area contributed by atoms with Crippen LogP contribution >= 0.6 is 0 Å². The molecule has 0 bridgehead atoms. The van der Waals surface area contributed by atoms with E-state index in [1.165, 1.54) is 0 Å². The maximum atomic E-state index is 13.1. The Labute approximate surface area is 192 Å². The molecule has 0 unspecified atom stereocenters. The number of hydrogen-bond acceptors (Lipinski definition) is 4. The maximum absolute atomic E-state index is 13.1. The third-order valence-electron chi connectivity index (χ3n) is 6.02. The number of hydrogen-bond donors (Lipinski definition) is 1. The molecule has 3 rings (SSSR count). The molecule has 0 spiro atoms. The van der Waals surface area contributed by atoms with Crippen molar-refractivity contribution < 1.29 is 17.9 Å². The van der Waals surface area contributed by atoms with Crippen LogP contribution < -0.4 is 10.1 Å². The Hall–Kier alpha value is -2.38. The molecule has 1 amide bonds. The van der Waals surface area contributed by atoms with Crippen molar-refractivity contribution in [2.24, 2.45) is 0 Å². The second-order valence-corrected chi connectivity index (χ2v) is 10.6. The Balaban J connectivity index is 1.76. The van der Waals surface area contributed by atoms with Crippen LogP contribution in [0.3, 0.4) is 0 Å². The van der Waals surface area contributed by atoms with Gasteiger partial charge in [-0.05, 0) is 67.0 Å². The number of sulfonamides is 1. The minimum Gasteiger partial charge on any atom is -0.496 e. The lowest BCUT2D eigenvalue weighted by molar-refractivity contribution is -0.116. The molecule has 0 saturated carbocycles. The van der Waals surface area contributed by atoms with Crippen LogP contribution in [0.5, 0.6) is 5.75 Å². The quantitative estimate of drug-likeness (QED) is 0.612. The van der Waals surface area contributed by atoms with Crippen LogP contribution in [0.2, 0.25) is 0 Å². The molecule has 1 saturated heterocycles. The van der Waals surface area contributed by atoms with E-state index >= 15 is 0 Å². The molecule has 2 aromatic rings. The predicted molar refractivity (Wildman–Crippen MR) is 128 cm³/mol. The number of anilines is 1. The lowest BCUT2D eigenvalue weighted by Gasteiger charge is -2.26. The van der Waals surface area contributed by atoms with Gasteiger partial charge in [0.05, 0.1) is 12.0 Å². The molecule has 1 fully saturated rings. The molecule has 0 atom stereocenters. The first-order valence-corrected chi connectivity index (χ1v) is 12.7. The van der Waals surface area contributed by atoms with Gasteiger partial charge in [0.25, 0.3) is 0 Å². The summed E-state index contributed by atoms with van der Waals surface area (Å²) in [7, 11) is -1.98. The highest BCUT2D eigenvalue weighted by Crippen LogP contribution is 2.29. The minimum atomic E-state index is -3.54.